The van der Waals surface area contributed by atoms with Crippen molar-refractivity contribution in [2.75, 3.05) is 20.3 Å². The standard InChI is InChI=1S/C19H22O5/c1-3-22-18(20)13-14-23-19(15-9-5-4-6-10-15)24-17-12-8-7-11-16(17)21-2/h4-12,19H,3,13-14H2,1-2H3. The third kappa shape index (κ3) is 5.28. The van der Waals surface area contributed by atoms with E-state index >= 15 is 0 Å². The molecule has 0 saturated carbocycles. The molecule has 2 aromatic rings. The number of para-hydroxylation sites is 2. The molecular formula is C19H22O5. The van der Waals surface area contributed by atoms with E-state index in [-0.39, 0.29) is 19.0 Å². The summed E-state index contributed by atoms with van der Waals surface area (Å²) in [5, 5.41) is 0. The second kappa shape index (κ2) is 9.57. The molecule has 0 amide bonds. The molecule has 0 aliphatic heterocycles. The van der Waals surface area contributed by atoms with Gasteiger partial charge in [-0.15, -0.1) is 0 Å². The van der Waals surface area contributed by atoms with Crippen molar-refractivity contribution in [3.63, 3.8) is 0 Å². The van der Waals surface area contributed by atoms with Gasteiger partial charge in [0, 0.05) is 5.56 Å². The Morgan fingerprint density at radius 1 is 1.00 bits per heavy atom. The highest BCUT2D eigenvalue weighted by Gasteiger charge is 2.17. The molecule has 24 heavy (non-hydrogen) atoms. The van der Waals surface area contributed by atoms with Gasteiger partial charge in [-0.25, -0.2) is 0 Å². The highest BCUT2D eigenvalue weighted by atomic mass is 16.7. The summed E-state index contributed by atoms with van der Waals surface area (Å²) in [6.45, 7) is 2.34. The van der Waals surface area contributed by atoms with Crippen LogP contribution in [-0.4, -0.2) is 26.3 Å². The summed E-state index contributed by atoms with van der Waals surface area (Å²) in [6.07, 6.45) is -0.469. The van der Waals surface area contributed by atoms with Crippen molar-refractivity contribution in [1.82, 2.24) is 0 Å². The van der Waals surface area contributed by atoms with Crippen LogP contribution < -0.4 is 9.47 Å². The number of esters is 1. The van der Waals surface area contributed by atoms with E-state index in [0.29, 0.717) is 18.1 Å². The van der Waals surface area contributed by atoms with Crippen molar-refractivity contribution in [3.8, 4) is 11.5 Å². The van der Waals surface area contributed by atoms with Crippen molar-refractivity contribution < 1.29 is 23.7 Å². The van der Waals surface area contributed by atoms with Crippen LogP contribution in [0.2, 0.25) is 0 Å². The van der Waals surface area contributed by atoms with Crippen molar-refractivity contribution >= 4 is 5.97 Å². The molecule has 0 bridgehead atoms. The molecule has 0 aliphatic carbocycles. The number of carbonyl (C=O) groups is 1. The number of benzene rings is 2. The first-order chi connectivity index (χ1) is 11.7. The predicted octanol–water partition coefficient (Wildman–Crippen LogP) is 3.74. The molecule has 2 rings (SSSR count). The maximum Gasteiger partial charge on any atom is 0.308 e. The first-order valence-electron chi connectivity index (χ1n) is 7.86. The monoisotopic (exact) mass is 330 g/mol. The molecule has 5 heteroatoms. The molecule has 1 unspecified atom stereocenters. The Kier molecular flexibility index (Phi) is 7.11. The number of ether oxygens (including phenoxy) is 4. The van der Waals surface area contributed by atoms with Gasteiger partial charge in [-0.05, 0) is 19.1 Å². The van der Waals surface area contributed by atoms with Crippen LogP contribution in [0.25, 0.3) is 0 Å². The van der Waals surface area contributed by atoms with Crippen molar-refractivity contribution in [1.29, 1.82) is 0 Å². The smallest absolute Gasteiger partial charge is 0.308 e. The fraction of sp³-hybridized carbons (Fsp3) is 0.316. The number of hydrogen-bond donors (Lipinski definition) is 0. The van der Waals surface area contributed by atoms with Gasteiger partial charge in [-0.2, -0.15) is 0 Å². The summed E-state index contributed by atoms with van der Waals surface area (Å²) < 4.78 is 21.9. The molecule has 0 N–H and O–H groups in total. The number of methoxy groups -OCH3 is 1. The van der Waals surface area contributed by atoms with Gasteiger partial charge in [0.05, 0.1) is 26.7 Å². The van der Waals surface area contributed by atoms with Gasteiger partial charge in [0.15, 0.2) is 11.5 Å². The van der Waals surface area contributed by atoms with Crippen molar-refractivity contribution in [2.24, 2.45) is 0 Å². The predicted molar refractivity (Wildman–Crippen MR) is 90.0 cm³/mol. The minimum Gasteiger partial charge on any atom is -0.493 e. The molecule has 0 aromatic heterocycles. The summed E-state index contributed by atoms with van der Waals surface area (Å²) in [4.78, 5) is 11.5. The van der Waals surface area contributed by atoms with Crippen LogP contribution >= 0.6 is 0 Å². The van der Waals surface area contributed by atoms with E-state index < -0.39 is 6.29 Å². The van der Waals surface area contributed by atoms with Crippen LogP contribution in [0.3, 0.4) is 0 Å². The van der Waals surface area contributed by atoms with Crippen molar-refractivity contribution in [2.45, 2.75) is 19.6 Å². The lowest BCUT2D eigenvalue weighted by Crippen LogP contribution is -2.16. The summed E-state index contributed by atoms with van der Waals surface area (Å²) in [5.41, 5.74) is 0.854. The lowest BCUT2D eigenvalue weighted by molar-refractivity contribution is -0.147. The van der Waals surface area contributed by atoms with Gasteiger partial charge in [0.2, 0.25) is 6.29 Å². The Bertz CT molecular complexity index is 627. The zero-order chi connectivity index (χ0) is 17.2. The Morgan fingerprint density at radius 2 is 1.67 bits per heavy atom. The zero-order valence-corrected chi connectivity index (χ0v) is 13.9. The normalized spacial score (nSPS) is 11.6. The highest BCUT2D eigenvalue weighted by Crippen LogP contribution is 2.31. The lowest BCUT2D eigenvalue weighted by Gasteiger charge is -2.21. The van der Waals surface area contributed by atoms with E-state index in [0.717, 1.165) is 5.56 Å². The first-order valence-corrected chi connectivity index (χ1v) is 7.86. The fourth-order valence-electron chi connectivity index (χ4n) is 2.12. The maximum absolute atomic E-state index is 11.5. The molecule has 128 valence electrons. The largest absolute Gasteiger partial charge is 0.493 e. The molecule has 0 fully saturated rings. The number of hydrogen-bond acceptors (Lipinski definition) is 5. The average molecular weight is 330 g/mol. The summed E-state index contributed by atoms with van der Waals surface area (Å²) >= 11 is 0. The molecule has 0 radical (unpaired) electrons. The van der Waals surface area contributed by atoms with E-state index in [1.165, 1.54) is 0 Å². The van der Waals surface area contributed by atoms with Crippen molar-refractivity contribution in [3.05, 3.63) is 60.2 Å². The third-order valence-electron chi connectivity index (χ3n) is 3.26. The van der Waals surface area contributed by atoms with Crippen LogP contribution in [0.5, 0.6) is 11.5 Å². The van der Waals surface area contributed by atoms with Crippen LogP contribution in [0.1, 0.15) is 25.2 Å². The Balaban J connectivity index is 2.07. The van der Waals surface area contributed by atoms with Gasteiger partial charge < -0.3 is 18.9 Å². The number of carbonyl (C=O) groups excluding carboxylic acids is 1. The molecule has 5 nitrogen and oxygen atoms in total. The third-order valence-corrected chi connectivity index (χ3v) is 3.26. The van der Waals surface area contributed by atoms with E-state index in [4.69, 9.17) is 18.9 Å². The minimum atomic E-state index is -0.642. The summed E-state index contributed by atoms with van der Waals surface area (Å²) in [7, 11) is 1.58. The van der Waals surface area contributed by atoms with Gasteiger partial charge in [0.25, 0.3) is 0 Å². The van der Waals surface area contributed by atoms with Crippen LogP contribution in [0.15, 0.2) is 54.6 Å². The summed E-state index contributed by atoms with van der Waals surface area (Å²) in [5.74, 6) is 0.902. The topological polar surface area (TPSA) is 54.0 Å². The van der Waals surface area contributed by atoms with Gasteiger partial charge >= 0.3 is 5.97 Å². The van der Waals surface area contributed by atoms with Crippen LogP contribution in [0.4, 0.5) is 0 Å². The molecule has 0 heterocycles. The van der Waals surface area contributed by atoms with Gasteiger partial charge in [-0.3, -0.25) is 4.79 Å². The first kappa shape index (κ1) is 17.8. The Labute approximate surface area is 142 Å². The highest BCUT2D eigenvalue weighted by molar-refractivity contribution is 5.69. The molecule has 0 saturated heterocycles. The molecule has 0 aliphatic rings. The van der Waals surface area contributed by atoms with E-state index in [1.54, 1.807) is 14.0 Å². The van der Waals surface area contributed by atoms with E-state index in [9.17, 15) is 4.79 Å². The minimum absolute atomic E-state index is 0.173. The zero-order valence-electron chi connectivity index (χ0n) is 13.9. The summed E-state index contributed by atoms with van der Waals surface area (Å²) in [6, 6.07) is 16.9. The van der Waals surface area contributed by atoms with Crippen LogP contribution in [-0.2, 0) is 14.3 Å². The molecule has 0 spiro atoms. The SMILES string of the molecule is CCOC(=O)CCOC(Oc1ccccc1OC)c1ccccc1. The second-order valence-corrected chi connectivity index (χ2v) is 4.94. The average Bonchev–Trinajstić information content (AvgIpc) is 2.62. The second-order valence-electron chi connectivity index (χ2n) is 4.94. The van der Waals surface area contributed by atoms with Gasteiger partial charge in [0.1, 0.15) is 0 Å². The number of rotatable bonds is 9. The molecule has 1 atom stereocenters. The van der Waals surface area contributed by atoms with E-state index in [1.807, 2.05) is 54.6 Å². The molecular weight excluding hydrogens is 308 g/mol. The van der Waals surface area contributed by atoms with E-state index in [2.05, 4.69) is 0 Å². The lowest BCUT2D eigenvalue weighted by atomic mass is 10.2. The fourth-order valence-corrected chi connectivity index (χ4v) is 2.12. The van der Waals surface area contributed by atoms with Crippen LogP contribution in [0, 0.1) is 0 Å². The quantitative estimate of drug-likeness (QED) is 0.518. The van der Waals surface area contributed by atoms with Gasteiger partial charge in [-0.1, -0.05) is 42.5 Å². The Hall–Kier alpha value is -2.53. The maximum atomic E-state index is 11.5. The molecule has 2 aromatic carbocycles. The Morgan fingerprint density at radius 3 is 2.33 bits per heavy atom.